The summed E-state index contributed by atoms with van der Waals surface area (Å²) in [4.78, 5) is 9.02. The molecule has 1 N–H and O–H groups in total. The Kier molecular flexibility index (Phi) is 6.02. The SMILES string of the molecule is COc1cccc(C(Nc2cncc(-n3nc(C)cc3C)n2)c2cc(F)ccc2OC)c1. The lowest BCUT2D eigenvalue weighted by atomic mass is 9.97. The summed E-state index contributed by atoms with van der Waals surface area (Å²) in [6, 6.07) is 13.5. The third-order valence-electron chi connectivity index (χ3n) is 5.07. The number of rotatable bonds is 7. The van der Waals surface area contributed by atoms with E-state index in [1.807, 2.05) is 44.2 Å². The molecule has 0 saturated carbocycles. The fourth-order valence-electron chi connectivity index (χ4n) is 3.63. The van der Waals surface area contributed by atoms with Gasteiger partial charge in [-0.25, -0.2) is 14.1 Å². The molecule has 7 nitrogen and oxygen atoms in total. The Morgan fingerprint density at radius 1 is 1.00 bits per heavy atom. The van der Waals surface area contributed by atoms with Crippen LogP contribution in [0.15, 0.2) is 60.9 Å². The van der Waals surface area contributed by atoms with Crippen LogP contribution in [-0.2, 0) is 0 Å². The van der Waals surface area contributed by atoms with Gasteiger partial charge in [0.05, 0.1) is 38.3 Å². The third-order valence-corrected chi connectivity index (χ3v) is 5.07. The van der Waals surface area contributed by atoms with E-state index in [9.17, 15) is 4.39 Å². The van der Waals surface area contributed by atoms with Crippen molar-refractivity contribution in [2.75, 3.05) is 19.5 Å². The highest BCUT2D eigenvalue weighted by molar-refractivity contribution is 5.50. The number of nitrogens with zero attached hydrogens (tertiary/aromatic N) is 4. The summed E-state index contributed by atoms with van der Waals surface area (Å²) in [6.07, 6.45) is 3.27. The van der Waals surface area contributed by atoms with Gasteiger partial charge in [0.1, 0.15) is 23.1 Å². The van der Waals surface area contributed by atoms with Gasteiger partial charge in [0, 0.05) is 11.3 Å². The molecule has 8 heteroatoms. The van der Waals surface area contributed by atoms with E-state index in [4.69, 9.17) is 9.47 Å². The number of aryl methyl sites for hydroxylation is 2. The predicted molar refractivity (Wildman–Crippen MR) is 120 cm³/mol. The van der Waals surface area contributed by atoms with Gasteiger partial charge in [-0.15, -0.1) is 0 Å². The van der Waals surface area contributed by atoms with Crippen LogP contribution in [0.25, 0.3) is 5.82 Å². The van der Waals surface area contributed by atoms with Crippen LogP contribution in [0.5, 0.6) is 11.5 Å². The average Bonchev–Trinajstić information content (AvgIpc) is 3.15. The number of benzene rings is 2. The molecular weight excluding hydrogens is 409 g/mol. The summed E-state index contributed by atoms with van der Waals surface area (Å²) in [5.41, 5.74) is 3.32. The molecule has 0 bridgehead atoms. The van der Waals surface area contributed by atoms with Gasteiger partial charge in [0.25, 0.3) is 0 Å². The molecule has 0 spiro atoms. The Labute approximate surface area is 185 Å². The number of anilines is 1. The summed E-state index contributed by atoms with van der Waals surface area (Å²) < 4.78 is 26.9. The Bertz CT molecular complexity index is 1240. The smallest absolute Gasteiger partial charge is 0.174 e. The van der Waals surface area contributed by atoms with Gasteiger partial charge in [-0.05, 0) is 55.8 Å². The van der Waals surface area contributed by atoms with Crippen molar-refractivity contribution >= 4 is 5.82 Å². The Morgan fingerprint density at radius 2 is 1.84 bits per heavy atom. The number of halogens is 1. The molecular formula is C24H24FN5O2. The lowest BCUT2D eigenvalue weighted by Crippen LogP contribution is -2.16. The summed E-state index contributed by atoms with van der Waals surface area (Å²) in [7, 11) is 3.16. The molecule has 2 aromatic heterocycles. The topological polar surface area (TPSA) is 74.1 Å². The van der Waals surface area contributed by atoms with Crippen LogP contribution >= 0.6 is 0 Å². The maximum Gasteiger partial charge on any atom is 0.174 e. The third kappa shape index (κ3) is 4.39. The van der Waals surface area contributed by atoms with Crippen molar-refractivity contribution in [1.82, 2.24) is 19.7 Å². The van der Waals surface area contributed by atoms with Gasteiger partial charge in [-0.1, -0.05) is 12.1 Å². The minimum atomic E-state index is -0.472. The summed E-state index contributed by atoms with van der Waals surface area (Å²) >= 11 is 0. The summed E-state index contributed by atoms with van der Waals surface area (Å²) in [5.74, 6) is 1.96. The van der Waals surface area contributed by atoms with Gasteiger partial charge in [0.15, 0.2) is 5.82 Å². The number of ether oxygens (including phenoxy) is 2. The van der Waals surface area contributed by atoms with E-state index < -0.39 is 6.04 Å². The maximum atomic E-state index is 14.2. The summed E-state index contributed by atoms with van der Waals surface area (Å²) in [6.45, 7) is 3.88. The Hall–Kier alpha value is -3.94. The van der Waals surface area contributed by atoms with Crippen molar-refractivity contribution in [3.8, 4) is 17.3 Å². The second-order valence-electron chi connectivity index (χ2n) is 7.34. The number of methoxy groups -OCH3 is 2. The van der Waals surface area contributed by atoms with Gasteiger partial charge >= 0.3 is 0 Å². The second kappa shape index (κ2) is 9.05. The number of aromatic nitrogens is 4. The molecule has 32 heavy (non-hydrogen) atoms. The molecule has 4 rings (SSSR count). The van der Waals surface area contributed by atoms with E-state index in [0.29, 0.717) is 28.7 Å². The molecule has 0 radical (unpaired) electrons. The molecule has 0 saturated heterocycles. The van der Waals surface area contributed by atoms with Crippen LogP contribution in [0.3, 0.4) is 0 Å². The molecule has 2 aromatic carbocycles. The highest BCUT2D eigenvalue weighted by atomic mass is 19.1. The molecule has 0 aliphatic carbocycles. The van der Waals surface area contributed by atoms with Crippen LogP contribution in [0.1, 0.15) is 28.6 Å². The second-order valence-corrected chi connectivity index (χ2v) is 7.34. The molecule has 1 atom stereocenters. The van der Waals surface area contributed by atoms with E-state index in [0.717, 1.165) is 17.0 Å². The van der Waals surface area contributed by atoms with Crippen molar-refractivity contribution in [2.45, 2.75) is 19.9 Å². The first-order chi connectivity index (χ1) is 15.5. The van der Waals surface area contributed by atoms with Crippen LogP contribution in [0.4, 0.5) is 10.2 Å². The number of nitrogens with one attached hydrogen (secondary N) is 1. The van der Waals surface area contributed by atoms with Gasteiger partial charge in [-0.3, -0.25) is 4.98 Å². The molecule has 164 valence electrons. The Morgan fingerprint density at radius 3 is 2.56 bits per heavy atom. The van der Waals surface area contributed by atoms with E-state index in [1.165, 1.54) is 12.1 Å². The van der Waals surface area contributed by atoms with Crippen LogP contribution in [0.2, 0.25) is 0 Å². The zero-order valence-electron chi connectivity index (χ0n) is 18.3. The average molecular weight is 433 g/mol. The molecule has 0 aliphatic heterocycles. The fourth-order valence-corrected chi connectivity index (χ4v) is 3.63. The van der Waals surface area contributed by atoms with E-state index in [1.54, 1.807) is 37.4 Å². The normalized spacial score (nSPS) is 11.8. The van der Waals surface area contributed by atoms with Crippen LogP contribution < -0.4 is 14.8 Å². The lowest BCUT2D eigenvalue weighted by Gasteiger charge is -2.23. The van der Waals surface area contributed by atoms with Crippen molar-refractivity contribution in [3.05, 3.63) is 89.3 Å². The van der Waals surface area contributed by atoms with Gasteiger partial charge in [0.2, 0.25) is 0 Å². The fraction of sp³-hybridized carbons (Fsp3) is 0.208. The quantitative estimate of drug-likeness (QED) is 0.458. The van der Waals surface area contributed by atoms with E-state index in [2.05, 4.69) is 20.4 Å². The maximum absolute atomic E-state index is 14.2. The first-order valence-corrected chi connectivity index (χ1v) is 10.1. The van der Waals surface area contributed by atoms with Gasteiger partial charge in [-0.2, -0.15) is 5.10 Å². The van der Waals surface area contributed by atoms with Crippen molar-refractivity contribution in [2.24, 2.45) is 0 Å². The standard InChI is InChI=1S/C24H24FN5O2/c1-15-10-16(2)30(29-15)23-14-26-13-22(27-23)28-24(17-6-5-7-19(11-17)31-3)20-12-18(25)8-9-21(20)32-4/h5-14,24H,1-4H3,(H,27,28). The summed E-state index contributed by atoms with van der Waals surface area (Å²) in [5, 5.41) is 7.86. The predicted octanol–water partition coefficient (Wildman–Crippen LogP) is 4.64. The first-order valence-electron chi connectivity index (χ1n) is 10.1. The molecule has 0 aliphatic rings. The molecule has 4 aromatic rings. The number of hydrogen-bond acceptors (Lipinski definition) is 6. The highest BCUT2D eigenvalue weighted by Crippen LogP contribution is 2.34. The molecule has 1 unspecified atom stereocenters. The Balaban J connectivity index is 1.79. The van der Waals surface area contributed by atoms with Crippen molar-refractivity contribution in [3.63, 3.8) is 0 Å². The minimum Gasteiger partial charge on any atom is -0.497 e. The zero-order valence-corrected chi connectivity index (χ0v) is 18.3. The number of hydrogen-bond donors (Lipinski definition) is 1. The van der Waals surface area contributed by atoms with Crippen molar-refractivity contribution in [1.29, 1.82) is 0 Å². The van der Waals surface area contributed by atoms with E-state index in [-0.39, 0.29) is 5.82 Å². The van der Waals surface area contributed by atoms with Crippen LogP contribution in [-0.4, -0.2) is 34.0 Å². The molecule has 0 fully saturated rings. The van der Waals surface area contributed by atoms with Gasteiger partial charge < -0.3 is 14.8 Å². The largest absolute Gasteiger partial charge is 0.497 e. The van der Waals surface area contributed by atoms with E-state index >= 15 is 0 Å². The minimum absolute atomic E-state index is 0.363. The molecule has 0 amide bonds. The monoisotopic (exact) mass is 433 g/mol. The zero-order chi connectivity index (χ0) is 22.7. The molecule has 2 heterocycles. The van der Waals surface area contributed by atoms with Crippen LogP contribution in [0, 0.1) is 19.7 Å². The highest BCUT2D eigenvalue weighted by Gasteiger charge is 2.21. The van der Waals surface area contributed by atoms with Crippen molar-refractivity contribution < 1.29 is 13.9 Å². The first kappa shape index (κ1) is 21.3. The lowest BCUT2D eigenvalue weighted by molar-refractivity contribution is 0.406.